The molecule has 24 heavy (non-hydrogen) atoms. The monoisotopic (exact) mass is 329 g/mol. The molecule has 1 aliphatic heterocycles. The number of hydrogen-bond acceptors (Lipinski definition) is 3. The van der Waals surface area contributed by atoms with Gasteiger partial charge in [0.2, 0.25) is 0 Å². The van der Waals surface area contributed by atoms with Gasteiger partial charge in [-0.3, -0.25) is 0 Å². The number of piperidine rings is 1. The summed E-state index contributed by atoms with van der Waals surface area (Å²) in [5.74, 6) is 1.05. The lowest BCUT2D eigenvalue weighted by Gasteiger charge is -2.58. The molecule has 1 aromatic rings. The van der Waals surface area contributed by atoms with Crippen molar-refractivity contribution in [2.24, 2.45) is 16.7 Å². The Morgan fingerprint density at radius 3 is 2.46 bits per heavy atom. The Hall–Kier alpha value is -1.35. The highest BCUT2D eigenvalue weighted by Gasteiger charge is 2.52. The van der Waals surface area contributed by atoms with Gasteiger partial charge in [-0.15, -0.1) is 0 Å². The Bertz CT molecular complexity index is 607. The van der Waals surface area contributed by atoms with Gasteiger partial charge in [-0.25, -0.2) is 4.79 Å². The summed E-state index contributed by atoms with van der Waals surface area (Å²) in [5, 5.41) is 0. The number of rotatable bonds is 2. The van der Waals surface area contributed by atoms with E-state index in [2.05, 4.69) is 44.9 Å². The molecule has 2 aliphatic rings. The molecule has 1 saturated carbocycles. The normalized spacial score (nSPS) is 32.9. The van der Waals surface area contributed by atoms with Gasteiger partial charge < -0.3 is 9.64 Å². The third-order valence-corrected chi connectivity index (χ3v) is 6.81. The van der Waals surface area contributed by atoms with Crippen molar-refractivity contribution in [2.75, 3.05) is 27.2 Å². The van der Waals surface area contributed by atoms with Crippen molar-refractivity contribution >= 4 is 5.97 Å². The van der Waals surface area contributed by atoms with Crippen molar-refractivity contribution in [1.82, 2.24) is 4.90 Å². The summed E-state index contributed by atoms with van der Waals surface area (Å²) in [4.78, 5) is 14.2. The Kier molecular flexibility index (Phi) is 4.50. The van der Waals surface area contributed by atoms with E-state index in [0.717, 1.165) is 5.92 Å². The van der Waals surface area contributed by atoms with Crippen LogP contribution in [-0.2, 0) is 4.74 Å². The quantitative estimate of drug-likeness (QED) is 0.756. The van der Waals surface area contributed by atoms with Crippen LogP contribution in [0.5, 0.6) is 0 Å². The standard InChI is InChI=1S/C21H31NO2/c1-20(2)17(15-6-8-16(9-7-15)19(23)24-5)10-12-21(3)14-22(4)13-11-18(20)21/h6-9,17-18H,10-14H2,1-5H3/t17?,18?,21-/m1/s1. The van der Waals surface area contributed by atoms with Crippen molar-refractivity contribution < 1.29 is 9.53 Å². The SMILES string of the molecule is COC(=O)c1ccc(C2CC[C@]3(C)CN(C)CCC3C2(C)C)cc1. The largest absolute Gasteiger partial charge is 0.465 e. The number of fused-ring (bicyclic) bond motifs is 1. The number of carbonyl (C=O) groups excluding carboxylic acids is 1. The topological polar surface area (TPSA) is 29.5 Å². The molecule has 0 amide bonds. The van der Waals surface area contributed by atoms with Gasteiger partial charge in [0.1, 0.15) is 0 Å². The fraction of sp³-hybridized carbons (Fsp3) is 0.667. The number of methoxy groups -OCH3 is 1. The molecule has 2 unspecified atom stereocenters. The van der Waals surface area contributed by atoms with E-state index in [1.54, 1.807) is 0 Å². The van der Waals surface area contributed by atoms with Gasteiger partial charge in [0, 0.05) is 6.54 Å². The van der Waals surface area contributed by atoms with E-state index < -0.39 is 0 Å². The van der Waals surface area contributed by atoms with Gasteiger partial charge in [-0.05, 0) is 73.2 Å². The van der Waals surface area contributed by atoms with Crippen molar-refractivity contribution in [3.8, 4) is 0 Å². The third kappa shape index (κ3) is 2.88. The van der Waals surface area contributed by atoms with Crippen LogP contribution >= 0.6 is 0 Å². The molecule has 1 aliphatic carbocycles. The van der Waals surface area contributed by atoms with Crippen LogP contribution in [0.4, 0.5) is 0 Å². The van der Waals surface area contributed by atoms with Gasteiger partial charge in [-0.2, -0.15) is 0 Å². The van der Waals surface area contributed by atoms with Crippen molar-refractivity contribution in [3.05, 3.63) is 35.4 Å². The summed E-state index contributed by atoms with van der Waals surface area (Å²) < 4.78 is 4.81. The van der Waals surface area contributed by atoms with Crippen LogP contribution in [0, 0.1) is 16.7 Å². The van der Waals surface area contributed by atoms with Gasteiger partial charge in [0.25, 0.3) is 0 Å². The molecule has 132 valence electrons. The van der Waals surface area contributed by atoms with Crippen LogP contribution < -0.4 is 0 Å². The van der Waals surface area contributed by atoms with Crippen LogP contribution in [0.3, 0.4) is 0 Å². The molecule has 1 heterocycles. The fourth-order valence-corrected chi connectivity index (χ4v) is 5.68. The second kappa shape index (κ2) is 6.18. The summed E-state index contributed by atoms with van der Waals surface area (Å²) in [7, 11) is 3.69. The van der Waals surface area contributed by atoms with E-state index in [1.807, 2.05) is 12.1 Å². The minimum Gasteiger partial charge on any atom is -0.465 e. The Morgan fingerprint density at radius 1 is 1.17 bits per heavy atom. The lowest BCUT2D eigenvalue weighted by atomic mass is 9.49. The van der Waals surface area contributed by atoms with Crippen LogP contribution in [0.1, 0.15) is 61.9 Å². The number of nitrogens with zero attached hydrogens (tertiary/aromatic N) is 1. The van der Waals surface area contributed by atoms with E-state index in [9.17, 15) is 4.79 Å². The lowest BCUT2D eigenvalue weighted by Crippen LogP contribution is -2.54. The molecule has 0 N–H and O–H groups in total. The molecule has 3 heteroatoms. The van der Waals surface area contributed by atoms with E-state index in [1.165, 1.54) is 45.0 Å². The average Bonchev–Trinajstić information content (AvgIpc) is 2.53. The molecular formula is C21H31NO2. The number of carbonyl (C=O) groups is 1. The Balaban J connectivity index is 1.86. The molecule has 3 atom stereocenters. The van der Waals surface area contributed by atoms with Crippen LogP contribution in [-0.4, -0.2) is 38.1 Å². The van der Waals surface area contributed by atoms with Gasteiger partial charge in [0.05, 0.1) is 12.7 Å². The maximum absolute atomic E-state index is 11.7. The summed E-state index contributed by atoms with van der Waals surface area (Å²) in [5.41, 5.74) is 2.72. The minimum absolute atomic E-state index is 0.257. The van der Waals surface area contributed by atoms with Gasteiger partial charge in [0.15, 0.2) is 0 Å². The molecule has 0 spiro atoms. The molecule has 1 aromatic carbocycles. The summed E-state index contributed by atoms with van der Waals surface area (Å²) in [6.07, 6.45) is 3.80. The lowest BCUT2D eigenvalue weighted by molar-refractivity contribution is -0.0687. The van der Waals surface area contributed by atoms with Gasteiger partial charge >= 0.3 is 5.97 Å². The highest BCUT2D eigenvalue weighted by Crippen LogP contribution is 2.59. The zero-order valence-electron chi connectivity index (χ0n) is 15.8. The first-order valence-electron chi connectivity index (χ1n) is 9.15. The van der Waals surface area contributed by atoms with Crippen LogP contribution in [0.15, 0.2) is 24.3 Å². The molecule has 2 fully saturated rings. The van der Waals surface area contributed by atoms with E-state index >= 15 is 0 Å². The maximum atomic E-state index is 11.7. The number of benzene rings is 1. The number of likely N-dealkylation sites (tertiary alicyclic amines) is 1. The summed E-state index contributed by atoms with van der Waals surface area (Å²) >= 11 is 0. The molecular weight excluding hydrogens is 298 g/mol. The smallest absolute Gasteiger partial charge is 0.337 e. The Morgan fingerprint density at radius 2 is 1.83 bits per heavy atom. The second-order valence-electron chi connectivity index (χ2n) is 8.76. The average molecular weight is 329 g/mol. The minimum atomic E-state index is -0.257. The first kappa shape index (κ1) is 17.5. The molecule has 0 aromatic heterocycles. The first-order chi connectivity index (χ1) is 11.3. The number of esters is 1. The molecule has 0 radical (unpaired) electrons. The third-order valence-electron chi connectivity index (χ3n) is 6.81. The van der Waals surface area contributed by atoms with Crippen molar-refractivity contribution in [1.29, 1.82) is 0 Å². The zero-order valence-corrected chi connectivity index (χ0v) is 15.8. The predicted octanol–water partition coefficient (Wildman–Crippen LogP) is 4.33. The van der Waals surface area contributed by atoms with E-state index in [-0.39, 0.29) is 11.4 Å². The first-order valence-corrected chi connectivity index (χ1v) is 9.15. The molecule has 1 saturated heterocycles. The number of ether oxygens (including phenoxy) is 1. The summed E-state index contributed by atoms with van der Waals surface area (Å²) in [6.45, 7) is 9.83. The number of hydrogen-bond donors (Lipinski definition) is 0. The fourth-order valence-electron chi connectivity index (χ4n) is 5.68. The second-order valence-corrected chi connectivity index (χ2v) is 8.76. The molecule has 3 nitrogen and oxygen atoms in total. The molecule has 0 bridgehead atoms. The Labute approximate surface area is 146 Å². The zero-order chi connectivity index (χ0) is 17.5. The molecule has 3 rings (SSSR count). The predicted molar refractivity (Wildman–Crippen MR) is 97.2 cm³/mol. The van der Waals surface area contributed by atoms with E-state index in [4.69, 9.17) is 4.74 Å². The highest BCUT2D eigenvalue weighted by molar-refractivity contribution is 5.89. The van der Waals surface area contributed by atoms with Crippen LogP contribution in [0.2, 0.25) is 0 Å². The maximum Gasteiger partial charge on any atom is 0.337 e. The summed E-state index contributed by atoms with van der Waals surface area (Å²) in [6, 6.07) is 8.10. The van der Waals surface area contributed by atoms with Crippen LogP contribution in [0.25, 0.3) is 0 Å². The van der Waals surface area contributed by atoms with Crippen molar-refractivity contribution in [2.45, 2.75) is 46.0 Å². The van der Waals surface area contributed by atoms with E-state index in [0.29, 0.717) is 16.9 Å². The highest BCUT2D eigenvalue weighted by atomic mass is 16.5. The van der Waals surface area contributed by atoms with Crippen molar-refractivity contribution in [3.63, 3.8) is 0 Å². The van der Waals surface area contributed by atoms with Gasteiger partial charge in [-0.1, -0.05) is 32.9 Å².